The van der Waals surface area contributed by atoms with Crippen molar-refractivity contribution in [3.63, 3.8) is 0 Å². The average molecular weight is 1060 g/mol. The summed E-state index contributed by atoms with van der Waals surface area (Å²) in [5.41, 5.74) is 5.85. The second-order valence-corrected chi connectivity index (χ2v) is 20.4. The second kappa shape index (κ2) is 25.8. The van der Waals surface area contributed by atoms with Crippen LogP contribution >= 0.6 is 22.6 Å². The minimum atomic E-state index is -1.27. The van der Waals surface area contributed by atoms with Crippen molar-refractivity contribution in [2.45, 2.75) is 122 Å². The van der Waals surface area contributed by atoms with Gasteiger partial charge in [0, 0.05) is 40.0 Å². The Morgan fingerprint density at radius 3 is 2.23 bits per heavy atom. The van der Waals surface area contributed by atoms with Gasteiger partial charge in [0.1, 0.15) is 17.9 Å². The van der Waals surface area contributed by atoms with Crippen molar-refractivity contribution in [2.24, 2.45) is 23.7 Å². The number of rotatable bonds is 15. The molecule has 1 fully saturated rings. The lowest BCUT2D eigenvalue weighted by atomic mass is 9.79. The number of carbonyl (C=O) groups excluding carboxylic acids is 2. The molecule has 69 heavy (non-hydrogen) atoms. The lowest BCUT2D eigenvalue weighted by molar-refractivity contribution is -0.304. The van der Waals surface area contributed by atoms with E-state index in [-0.39, 0.29) is 18.8 Å². The lowest BCUT2D eigenvalue weighted by Gasteiger charge is -2.46. The number of cyclic esters (lactones) is 1. The van der Waals surface area contributed by atoms with E-state index in [1.54, 1.807) is 38.1 Å². The maximum Gasteiger partial charge on any atom is 0.308 e. The zero-order valence-corrected chi connectivity index (χ0v) is 43.2. The molecule has 12 atom stereocenters. The molecule has 0 bridgehead atoms. The molecule has 0 radical (unpaired) electrons. The maximum absolute atomic E-state index is 14.0. The van der Waals surface area contributed by atoms with Gasteiger partial charge in [-0.15, -0.1) is 5.10 Å². The van der Waals surface area contributed by atoms with Gasteiger partial charge in [0.05, 0.1) is 56.2 Å². The molecule has 374 valence electrons. The van der Waals surface area contributed by atoms with Gasteiger partial charge in [-0.3, -0.25) is 19.2 Å². The summed E-state index contributed by atoms with van der Waals surface area (Å²) in [7, 11) is 3.54. The molecular formula is C54H72IN5O9. The number of allylic oxidation sites excluding steroid dienone is 3. The highest BCUT2D eigenvalue weighted by Crippen LogP contribution is 2.35. The first-order valence-electron chi connectivity index (χ1n) is 24.3. The molecule has 4 aromatic rings. The zero-order valence-electron chi connectivity index (χ0n) is 41.1. The van der Waals surface area contributed by atoms with Crippen molar-refractivity contribution < 1.29 is 44.2 Å². The largest absolute Gasteiger partial charge is 0.462 e. The molecule has 6 rings (SSSR count). The van der Waals surface area contributed by atoms with E-state index in [0.717, 1.165) is 37.1 Å². The standard InChI is InChI=1S/C54H72IN5O9/c1-8-48-43(33-61)28-34(2)14-23-46(62)35(3)29-42(53(36(4)47(63)30-49(64)68-48)69-54-52(66)50(58(6)7)51(65)37(5)67-54)24-25-59(31-38-15-21-44(55)22-16-38)26-27-60-32-45(56-57-60)41-19-17-40(18-20-41)39-12-10-9-11-13-39/h9-23,28,32,35-37,42-43,47-48,50-54,61,63,65-66H,8,24-27,29-31,33H2,1-7H3/b23-14+,34-28+/t35-,36+,37-,42+,43-,47-,48-,50?,51?,52?,53-,54+/m1/s1. The second-order valence-electron chi connectivity index (χ2n) is 19.2. The van der Waals surface area contributed by atoms with E-state index in [9.17, 15) is 30.0 Å². The molecule has 0 saturated carbocycles. The molecule has 0 amide bonds. The van der Waals surface area contributed by atoms with Gasteiger partial charge in [-0.25, -0.2) is 0 Å². The summed E-state index contributed by atoms with van der Waals surface area (Å²) in [5, 5.41) is 54.2. The third kappa shape index (κ3) is 14.9. The number of ether oxygens (including phenoxy) is 3. The smallest absolute Gasteiger partial charge is 0.308 e. The van der Waals surface area contributed by atoms with E-state index in [1.807, 2.05) is 62.8 Å². The fourth-order valence-electron chi connectivity index (χ4n) is 9.57. The summed E-state index contributed by atoms with van der Waals surface area (Å²) < 4.78 is 22.0. The third-order valence-electron chi connectivity index (χ3n) is 13.8. The first kappa shape index (κ1) is 54.2. The van der Waals surface area contributed by atoms with Gasteiger partial charge in [0.15, 0.2) is 12.1 Å². The maximum atomic E-state index is 14.0. The molecule has 1 aromatic heterocycles. The molecule has 2 aliphatic heterocycles. The fraction of sp³-hybridized carbons (Fsp3) is 0.519. The fourth-order valence-corrected chi connectivity index (χ4v) is 9.93. The van der Waals surface area contributed by atoms with E-state index < -0.39 is 78.6 Å². The minimum Gasteiger partial charge on any atom is -0.462 e. The Balaban J connectivity index is 1.31. The number of hydrogen-bond acceptors (Lipinski definition) is 13. The normalized spacial score (nSPS) is 30.0. The Kier molecular flexibility index (Phi) is 20.3. The van der Waals surface area contributed by atoms with Crippen LogP contribution in [0.15, 0.2) is 109 Å². The van der Waals surface area contributed by atoms with Gasteiger partial charge in [-0.2, -0.15) is 0 Å². The Hall–Kier alpha value is -4.17. The Morgan fingerprint density at radius 2 is 1.57 bits per heavy atom. The summed E-state index contributed by atoms with van der Waals surface area (Å²) in [6.45, 7) is 11.2. The van der Waals surface area contributed by atoms with Gasteiger partial charge < -0.3 is 39.5 Å². The molecule has 0 aliphatic carbocycles. The monoisotopic (exact) mass is 1060 g/mol. The van der Waals surface area contributed by atoms with Crippen molar-refractivity contribution in [3.05, 3.63) is 118 Å². The molecule has 15 heteroatoms. The van der Waals surface area contributed by atoms with Crippen molar-refractivity contribution >= 4 is 34.3 Å². The lowest BCUT2D eigenvalue weighted by Crippen LogP contribution is -2.63. The third-order valence-corrected chi connectivity index (χ3v) is 14.5. The first-order valence-corrected chi connectivity index (χ1v) is 25.4. The number of nitrogens with zero attached hydrogens (tertiary/aromatic N) is 5. The van der Waals surface area contributed by atoms with Crippen LogP contribution in [-0.4, -0.2) is 140 Å². The number of likely N-dealkylation sites (N-methyl/N-ethyl adjacent to an activating group) is 1. The Labute approximate surface area is 421 Å². The van der Waals surface area contributed by atoms with E-state index in [1.165, 1.54) is 0 Å². The summed E-state index contributed by atoms with van der Waals surface area (Å²) >= 11 is 2.30. The molecule has 1 saturated heterocycles. The van der Waals surface area contributed by atoms with Crippen LogP contribution in [0.2, 0.25) is 0 Å². The van der Waals surface area contributed by atoms with Gasteiger partial charge in [0.25, 0.3) is 0 Å². The van der Waals surface area contributed by atoms with Crippen molar-refractivity contribution in [1.82, 2.24) is 24.8 Å². The number of aliphatic hydroxyl groups is 4. The highest BCUT2D eigenvalue weighted by molar-refractivity contribution is 14.1. The van der Waals surface area contributed by atoms with Crippen molar-refractivity contribution in [3.8, 4) is 22.4 Å². The van der Waals surface area contributed by atoms with Gasteiger partial charge in [-0.1, -0.05) is 110 Å². The van der Waals surface area contributed by atoms with E-state index in [0.29, 0.717) is 45.4 Å². The van der Waals surface area contributed by atoms with Crippen LogP contribution in [0.1, 0.15) is 65.9 Å². The predicted molar refractivity (Wildman–Crippen MR) is 274 cm³/mol. The number of carbonyl (C=O) groups is 2. The van der Waals surface area contributed by atoms with Gasteiger partial charge in [0.2, 0.25) is 0 Å². The predicted octanol–water partition coefficient (Wildman–Crippen LogP) is 6.94. The van der Waals surface area contributed by atoms with Gasteiger partial charge in [-0.05, 0) is 117 Å². The summed E-state index contributed by atoms with van der Waals surface area (Å²) in [4.78, 5) is 31.7. The molecule has 3 heterocycles. The van der Waals surface area contributed by atoms with E-state index >= 15 is 0 Å². The van der Waals surface area contributed by atoms with Crippen LogP contribution in [0.5, 0.6) is 0 Å². The van der Waals surface area contributed by atoms with Crippen molar-refractivity contribution in [2.75, 3.05) is 33.8 Å². The number of benzene rings is 3. The number of aromatic nitrogens is 3. The highest BCUT2D eigenvalue weighted by Gasteiger charge is 2.47. The summed E-state index contributed by atoms with van der Waals surface area (Å²) in [6.07, 6.45) is 1.04. The number of aliphatic hydroxyl groups excluding tert-OH is 4. The molecule has 3 unspecified atom stereocenters. The van der Waals surface area contributed by atoms with E-state index in [2.05, 4.69) is 98.5 Å². The molecule has 2 aliphatic rings. The number of esters is 1. The molecule has 4 N–H and O–H groups in total. The van der Waals surface area contributed by atoms with Crippen LogP contribution in [-0.2, 0) is 36.9 Å². The van der Waals surface area contributed by atoms with Gasteiger partial charge >= 0.3 is 5.97 Å². The Bertz CT molecular complexity index is 2290. The van der Waals surface area contributed by atoms with Crippen molar-refractivity contribution in [1.29, 1.82) is 0 Å². The van der Waals surface area contributed by atoms with Crippen LogP contribution < -0.4 is 0 Å². The van der Waals surface area contributed by atoms with Crippen LogP contribution in [0.4, 0.5) is 0 Å². The highest BCUT2D eigenvalue weighted by atomic mass is 127. The quantitative estimate of drug-likeness (QED) is 0.0712. The molecule has 0 spiro atoms. The molecule has 3 aromatic carbocycles. The average Bonchev–Trinajstić information content (AvgIpc) is 3.82. The number of ketones is 1. The van der Waals surface area contributed by atoms with E-state index in [4.69, 9.17) is 14.2 Å². The number of hydrogen-bond donors (Lipinski definition) is 4. The number of halogens is 1. The topological polar surface area (TPSA) is 180 Å². The summed E-state index contributed by atoms with van der Waals surface area (Å²) in [6, 6.07) is 26.2. The molecular weight excluding hydrogens is 990 g/mol. The zero-order chi connectivity index (χ0) is 49.8. The summed E-state index contributed by atoms with van der Waals surface area (Å²) in [5.74, 6) is -2.85. The first-order chi connectivity index (χ1) is 33.0. The van der Waals surface area contributed by atoms with Crippen LogP contribution in [0.25, 0.3) is 22.4 Å². The van der Waals surface area contributed by atoms with Crippen LogP contribution in [0, 0.1) is 27.2 Å². The molecule has 14 nitrogen and oxygen atoms in total. The van der Waals surface area contributed by atoms with Crippen LogP contribution in [0.3, 0.4) is 0 Å². The minimum absolute atomic E-state index is 0.100. The Morgan fingerprint density at radius 1 is 0.884 bits per heavy atom. The SMILES string of the molecule is CC[C@H]1OC(=O)C[C@@H](O)[C@H](C)[C@@H](O[C@@H]2O[C@H](C)C(O)C(N(C)C)C2O)[C@@H](CCN(CCn2cc(-c3ccc(-c4ccccc4)cc3)nn2)Cc2ccc(I)cc2)C[C@@H](C)C(=O)/C=C/C(C)=C/[C@@H]1CO.